The number of aryl methyl sites for hydroxylation is 2. The van der Waals surface area contributed by atoms with E-state index in [0.717, 1.165) is 0 Å². The molecule has 0 aliphatic carbocycles. The van der Waals surface area contributed by atoms with Crippen LogP contribution in [0.4, 0.5) is 0 Å². The number of furan rings is 1. The van der Waals surface area contributed by atoms with E-state index in [1.54, 1.807) is 20.0 Å². The van der Waals surface area contributed by atoms with E-state index in [9.17, 15) is 13.2 Å². The van der Waals surface area contributed by atoms with E-state index in [-0.39, 0.29) is 15.9 Å². The second-order valence-electron chi connectivity index (χ2n) is 6.11. The predicted octanol–water partition coefficient (Wildman–Crippen LogP) is 1.74. The maximum Gasteiger partial charge on any atom is 0.268 e. The van der Waals surface area contributed by atoms with Crippen molar-refractivity contribution in [2.24, 2.45) is 7.05 Å². The number of amides is 1. The number of nitrogens with zero attached hydrogens (tertiary/aromatic N) is 2. The molecule has 7 nitrogen and oxygen atoms in total. The van der Waals surface area contributed by atoms with Crippen LogP contribution in [0, 0.1) is 6.92 Å². The van der Waals surface area contributed by atoms with Crippen molar-refractivity contribution < 1.29 is 17.6 Å². The molecule has 0 bridgehead atoms. The van der Waals surface area contributed by atoms with E-state index in [2.05, 4.69) is 5.10 Å². The van der Waals surface area contributed by atoms with E-state index >= 15 is 0 Å². The first-order chi connectivity index (χ1) is 10.0. The number of sulfonamides is 1. The van der Waals surface area contributed by atoms with Crippen LogP contribution in [0.3, 0.4) is 0 Å². The zero-order valence-corrected chi connectivity index (χ0v) is 14.0. The van der Waals surface area contributed by atoms with Crippen LogP contribution in [0.2, 0.25) is 0 Å². The maximum absolute atomic E-state index is 12.2. The molecule has 0 unspecified atom stereocenters. The first-order valence-electron chi connectivity index (χ1n) is 6.67. The minimum Gasteiger partial charge on any atom is -0.465 e. The van der Waals surface area contributed by atoms with Crippen LogP contribution >= 0.6 is 0 Å². The standard InChI is InChI=1S/C14H19N3O4S/c1-9-11(6-12(21-9)14(2,3)4)13(18)16-22(19,20)10-7-15-17(5)8-10/h6-8H,1-5H3,(H,16,18). The summed E-state index contributed by atoms with van der Waals surface area (Å²) in [5.41, 5.74) is -0.0664. The van der Waals surface area contributed by atoms with Gasteiger partial charge < -0.3 is 4.42 Å². The lowest BCUT2D eigenvalue weighted by atomic mass is 9.93. The predicted molar refractivity (Wildman–Crippen MR) is 80.0 cm³/mol. The maximum atomic E-state index is 12.2. The molecule has 0 aliphatic heterocycles. The molecule has 0 spiro atoms. The smallest absolute Gasteiger partial charge is 0.268 e. The molecule has 22 heavy (non-hydrogen) atoms. The molecule has 2 aromatic heterocycles. The summed E-state index contributed by atoms with van der Waals surface area (Å²) in [6.45, 7) is 7.46. The minimum atomic E-state index is -3.95. The van der Waals surface area contributed by atoms with E-state index in [1.807, 2.05) is 25.5 Å². The molecule has 0 aromatic carbocycles. The minimum absolute atomic E-state index is 0.0689. The van der Waals surface area contributed by atoms with Crippen molar-refractivity contribution in [2.45, 2.75) is 38.0 Å². The highest BCUT2D eigenvalue weighted by Gasteiger charge is 2.26. The van der Waals surface area contributed by atoms with Crippen LogP contribution in [0.5, 0.6) is 0 Å². The molecular formula is C14H19N3O4S. The summed E-state index contributed by atoms with van der Waals surface area (Å²) in [4.78, 5) is 12.2. The molecule has 2 aromatic rings. The summed E-state index contributed by atoms with van der Waals surface area (Å²) in [5.74, 6) is 0.276. The van der Waals surface area contributed by atoms with Crippen molar-refractivity contribution in [3.05, 3.63) is 35.5 Å². The van der Waals surface area contributed by atoms with Gasteiger partial charge in [-0.15, -0.1) is 0 Å². The Bertz CT molecular complexity index is 810. The van der Waals surface area contributed by atoms with Crippen LogP contribution in [-0.2, 0) is 22.5 Å². The number of hydrogen-bond acceptors (Lipinski definition) is 5. The molecule has 0 saturated carbocycles. The van der Waals surface area contributed by atoms with E-state index in [0.29, 0.717) is 11.5 Å². The Hall–Kier alpha value is -2.09. The normalized spacial score (nSPS) is 12.4. The largest absolute Gasteiger partial charge is 0.465 e. The quantitative estimate of drug-likeness (QED) is 0.927. The molecule has 1 amide bonds. The number of carbonyl (C=O) groups is 1. The topological polar surface area (TPSA) is 94.2 Å². The molecule has 2 heterocycles. The van der Waals surface area contributed by atoms with Crippen molar-refractivity contribution >= 4 is 15.9 Å². The van der Waals surface area contributed by atoms with E-state index in [4.69, 9.17) is 4.42 Å². The monoisotopic (exact) mass is 325 g/mol. The van der Waals surface area contributed by atoms with Gasteiger partial charge in [0.1, 0.15) is 16.4 Å². The number of aromatic nitrogens is 2. The Morgan fingerprint density at radius 3 is 2.45 bits per heavy atom. The second-order valence-corrected chi connectivity index (χ2v) is 7.80. The Labute approximate surface area is 129 Å². The third kappa shape index (κ3) is 3.22. The van der Waals surface area contributed by atoms with Crippen LogP contribution in [0.25, 0.3) is 0 Å². The Morgan fingerprint density at radius 2 is 2.00 bits per heavy atom. The lowest BCUT2D eigenvalue weighted by molar-refractivity contribution is 0.0980. The lowest BCUT2D eigenvalue weighted by Gasteiger charge is -2.13. The fraction of sp³-hybridized carbons (Fsp3) is 0.429. The molecular weight excluding hydrogens is 306 g/mol. The zero-order chi connectivity index (χ0) is 16.7. The molecule has 0 saturated heterocycles. The van der Waals surface area contributed by atoms with Gasteiger partial charge in [0.2, 0.25) is 0 Å². The van der Waals surface area contributed by atoms with E-state index < -0.39 is 15.9 Å². The fourth-order valence-electron chi connectivity index (χ4n) is 1.85. The number of rotatable bonds is 3. The molecule has 0 radical (unpaired) electrons. The molecule has 0 aliphatic rings. The van der Waals surface area contributed by atoms with Crippen LogP contribution in [0.15, 0.2) is 27.8 Å². The molecule has 1 N–H and O–H groups in total. The highest BCUT2D eigenvalue weighted by molar-refractivity contribution is 7.90. The summed E-state index contributed by atoms with van der Waals surface area (Å²) in [6.07, 6.45) is 2.50. The first kappa shape index (κ1) is 16.3. The van der Waals surface area contributed by atoms with Gasteiger partial charge in [-0.2, -0.15) is 5.10 Å². The van der Waals surface area contributed by atoms with Gasteiger partial charge >= 0.3 is 0 Å². The lowest BCUT2D eigenvalue weighted by Crippen LogP contribution is -2.30. The Morgan fingerprint density at radius 1 is 1.36 bits per heavy atom. The molecule has 0 atom stereocenters. The Balaban J connectivity index is 2.28. The SMILES string of the molecule is Cc1oc(C(C)(C)C)cc1C(=O)NS(=O)(=O)c1cnn(C)c1. The molecule has 8 heteroatoms. The van der Waals surface area contributed by atoms with Gasteiger partial charge in [0.15, 0.2) is 0 Å². The van der Waals surface area contributed by atoms with Gasteiger partial charge in [-0.05, 0) is 13.0 Å². The fourth-order valence-corrected chi connectivity index (χ4v) is 2.80. The van der Waals surface area contributed by atoms with Gasteiger partial charge in [-0.25, -0.2) is 13.1 Å². The third-order valence-electron chi connectivity index (χ3n) is 3.12. The average Bonchev–Trinajstić information content (AvgIpc) is 2.94. The number of hydrogen-bond donors (Lipinski definition) is 1. The molecule has 120 valence electrons. The highest BCUT2D eigenvalue weighted by atomic mass is 32.2. The van der Waals surface area contributed by atoms with Crippen molar-refractivity contribution in [3.8, 4) is 0 Å². The van der Waals surface area contributed by atoms with Gasteiger partial charge in [-0.3, -0.25) is 9.48 Å². The third-order valence-corrected chi connectivity index (χ3v) is 4.41. The van der Waals surface area contributed by atoms with Gasteiger partial charge in [0.25, 0.3) is 15.9 Å². The van der Waals surface area contributed by atoms with E-state index in [1.165, 1.54) is 17.1 Å². The van der Waals surface area contributed by atoms with Crippen molar-refractivity contribution in [1.29, 1.82) is 0 Å². The summed E-state index contributed by atoms with van der Waals surface area (Å²) in [6, 6.07) is 1.57. The average molecular weight is 325 g/mol. The van der Waals surface area contributed by atoms with Crippen molar-refractivity contribution in [1.82, 2.24) is 14.5 Å². The van der Waals surface area contributed by atoms with Gasteiger partial charge in [0, 0.05) is 18.7 Å². The summed E-state index contributed by atoms with van der Waals surface area (Å²) in [5, 5.41) is 3.78. The van der Waals surface area contributed by atoms with Crippen molar-refractivity contribution in [2.75, 3.05) is 0 Å². The summed E-state index contributed by atoms with van der Waals surface area (Å²) in [7, 11) is -2.36. The van der Waals surface area contributed by atoms with Crippen LogP contribution in [-0.4, -0.2) is 24.1 Å². The molecule has 2 rings (SSSR count). The van der Waals surface area contributed by atoms with Gasteiger partial charge in [-0.1, -0.05) is 20.8 Å². The Kier molecular flexibility index (Phi) is 3.90. The van der Waals surface area contributed by atoms with Crippen LogP contribution < -0.4 is 4.72 Å². The van der Waals surface area contributed by atoms with Crippen molar-refractivity contribution in [3.63, 3.8) is 0 Å². The summed E-state index contributed by atoms with van der Waals surface area (Å²) >= 11 is 0. The molecule has 0 fully saturated rings. The number of carbonyl (C=O) groups excluding carboxylic acids is 1. The summed E-state index contributed by atoms with van der Waals surface area (Å²) < 4.78 is 33.2. The second kappa shape index (κ2) is 5.28. The van der Waals surface area contributed by atoms with Gasteiger partial charge in [0.05, 0.1) is 11.8 Å². The highest BCUT2D eigenvalue weighted by Crippen LogP contribution is 2.27. The number of nitrogens with one attached hydrogen (secondary N) is 1. The first-order valence-corrected chi connectivity index (χ1v) is 8.16. The van der Waals surface area contributed by atoms with Crippen LogP contribution in [0.1, 0.15) is 42.6 Å². The zero-order valence-electron chi connectivity index (χ0n) is 13.2.